The first-order valence-electron chi connectivity index (χ1n) is 35.3. The van der Waals surface area contributed by atoms with E-state index in [-0.39, 0.29) is 31.1 Å². The Kier molecular flexibility index (Phi) is 66.1. The van der Waals surface area contributed by atoms with E-state index in [1.54, 1.807) is 0 Å². The van der Waals surface area contributed by atoms with Crippen LogP contribution in [0.3, 0.4) is 0 Å². The Labute approximate surface area is 498 Å². The van der Waals surface area contributed by atoms with Crippen molar-refractivity contribution in [3.63, 3.8) is 0 Å². The fraction of sp³-hybridized carbons (Fsp3) is 0.824. The lowest BCUT2D eigenvalue weighted by atomic mass is 10.0. The first kappa shape index (κ1) is 77.1. The number of unbranched alkanes of at least 4 members (excludes halogenated alkanes) is 44. The summed E-state index contributed by atoms with van der Waals surface area (Å²) in [7, 11) is 0. The maximum Gasteiger partial charge on any atom is 0.306 e. The zero-order valence-corrected chi connectivity index (χ0v) is 53.6. The van der Waals surface area contributed by atoms with Crippen molar-refractivity contribution in [3.8, 4) is 0 Å². The molecule has 0 aliphatic rings. The molecule has 0 aliphatic heterocycles. The molecule has 0 saturated heterocycles. The molecule has 0 bridgehead atoms. The van der Waals surface area contributed by atoms with Crippen molar-refractivity contribution in [2.45, 2.75) is 380 Å². The van der Waals surface area contributed by atoms with E-state index in [0.29, 0.717) is 19.3 Å². The second kappa shape index (κ2) is 68.6. The number of allylic oxidation sites excluding steroid dienone is 10. The monoisotopic (exact) mass is 1120 g/mol. The van der Waals surface area contributed by atoms with Crippen molar-refractivity contribution in [2.24, 2.45) is 0 Å². The number of hydrogen-bond acceptors (Lipinski definition) is 6. The maximum absolute atomic E-state index is 13.0. The molecular formula is C74H134O6. The predicted molar refractivity (Wildman–Crippen MR) is 348 cm³/mol. The molecule has 0 spiro atoms. The van der Waals surface area contributed by atoms with Crippen LogP contribution >= 0.6 is 0 Å². The molecule has 0 aromatic rings. The first-order chi connectivity index (χ1) is 39.5. The van der Waals surface area contributed by atoms with Crippen molar-refractivity contribution in [3.05, 3.63) is 60.8 Å². The van der Waals surface area contributed by atoms with E-state index in [2.05, 4.69) is 81.5 Å². The molecule has 6 nitrogen and oxygen atoms in total. The molecule has 466 valence electrons. The standard InChI is InChI=1S/C74H134O6/c1-4-7-10-13-16-19-22-25-28-30-32-34-35-36-37-38-39-41-42-44-46-49-52-55-58-61-64-67-73(76)79-70-71(69-78-72(75)66-63-60-57-54-51-48-27-24-21-18-15-12-9-6-3)80-74(77)68-65-62-59-56-53-50-47-45-43-40-33-31-29-26-23-20-17-14-11-8-5-2/h7,10,16,19,24-25,27-28,32,34,71H,4-6,8-9,11-15,17-18,20-23,26,29-31,33,35-70H2,1-3H3/b10-7-,19-16-,27-24-,28-25-,34-32-. The van der Waals surface area contributed by atoms with E-state index in [9.17, 15) is 14.4 Å². The van der Waals surface area contributed by atoms with Crippen LogP contribution in [0.15, 0.2) is 60.8 Å². The zero-order valence-electron chi connectivity index (χ0n) is 53.6. The van der Waals surface area contributed by atoms with Gasteiger partial charge in [-0.05, 0) is 83.5 Å². The van der Waals surface area contributed by atoms with E-state index in [4.69, 9.17) is 14.2 Å². The fourth-order valence-electron chi connectivity index (χ4n) is 10.5. The largest absolute Gasteiger partial charge is 0.462 e. The Morgan fingerprint density at radius 2 is 0.487 bits per heavy atom. The average molecular weight is 1120 g/mol. The molecule has 0 saturated carbocycles. The third kappa shape index (κ3) is 65.9. The Balaban J connectivity index is 4.25. The van der Waals surface area contributed by atoms with E-state index in [0.717, 1.165) is 89.9 Å². The van der Waals surface area contributed by atoms with Gasteiger partial charge in [-0.2, -0.15) is 0 Å². The van der Waals surface area contributed by atoms with Gasteiger partial charge in [-0.1, -0.05) is 332 Å². The highest BCUT2D eigenvalue weighted by molar-refractivity contribution is 5.71. The predicted octanol–water partition coefficient (Wildman–Crippen LogP) is 24.3. The smallest absolute Gasteiger partial charge is 0.306 e. The maximum atomic E-state index is 13.0. The van der Waals surface area contributed by atoms with Crippen LogP contribution in [0.5, 0.6) is 0 Å². The molecular weight excluding hydrogens is 985 g/mol. The van der Waals surface area contributed by atoms with Gasteiger partial charge in [0.25, 0.3) is 0 Å². The van der Waals surface area contributed by atoms with Gasteiger partial charge in [0.1, 0.15) is 13.2 Å². The van der Waals surface area contributed by atoms with Gasteiger partial charge in [0.05, 0.1) is 0 Å². The summed E-state index contributed by atoms with van der Waals surface area (Å²) < 4.78 is 17.0. The van der Waals surface area contributed by atoms with Crippen molar-refractivity contribution in [2.75, 3.05) is 13.2 Å². The molecule has 0 aliphatic carbocycles. The molecule has 0 aromatic carbocycles. The molecule has 80 heavy (non-hydrogen) atoms. The molecule has 1 unspecified atom stereocenters. The van der Waals surface area contributed by atoms with Gasteiger partial charge < -0.3 is 14.2 Å². The molecule has 6 heteroatoms. The van der Waals surface area contributed by atoms with Crippen molar-refractivity contribution >= 4 is 17.9 Å². The number of carbonyl (C=O) groups excluding carboxylic acids is 3. The minimum atomic E-state index is -0.776. The number of carbonyl (C=O) groups is 3. The normalized spacial score (nSPS) is 12.4. The van der Waals surface area contributed by atoms with Crippen LogP contribution < -0.4 is 0 Å². The van der Waals surface area contributed by atoms with Gasteiger partial charge in [-0.3, -0.25) is 14.4 Å². The Bertz CT molecular complexity index is 1430. The van der Waals surface area contributed by atoms with E-state index in [1.807, 2.05) is 0 Å². The second-order valence-corrected chi connectivity index (χ2v) is 23.8. The van der Waals surface area contributed by atoms with Crippen LogP contribution in [0.1, 0.15) is 374 Å². The zero-order chi connectivity index (χ0) is 57.8. The summed E-state index contributed by atoms with van der Waals surface area (Å²) in [6, 6.07) is 0. The molecule has 0 amide bonds. The fourth-order valence-corrected chi connectivity index (χ4v) is 10.5. The third-order valence-corrected chi connectivity index (χ3v) is 15.8. The Morgan fingerprint density at radius 3 is 0.775 bits per heavy atom. The lowest BCUT2D eigenvalue weighted by Gasteiger charge is -2.18. The van der Waals surface area contributed by atoms with E-state index >= 15 is 0 Å². The quantitative estimate of drug-likeness (QED) is 0.0261. The summed E-state index contributed by atoms with van der Waals surface area (Å²) in [5, 5.41) is 0. The average Bonchev–Trinajstić information content (AvgIpc) is 3.46. The summed E-state index contributed by atoms with van der Waals surface area (Å²) in [4.78, 5) is 38.4. The van der Waals surface area contributed by atoms with Gasteiger partial charge in [0.15, 0.2) is 6.10 Å². The lowest BCUT2D eigenvalue weighted by molar-refractivity contribution is -0.167. The SMILES string of the molecule is CC/C=C\C/C=C\C/C=C\C/C=C\CCCCCCCCCCCCCCCCC(=O)OCC(COC(=O)CCCCCCC/C=C\CCCCCCC)OC(=O)CCCCCCCCCCCCCCCCCCCCCCC. The molecule has 0 fully saturated rings. The molecule has 0 heterocycles. The molecule has 0 radical (unpaired) electrons. The lowest BCUT2D eigenvalue weighted by Crippen LogP contribution is -2.30. The number of esters is 3. The number of rotatable bonds is 65. The van der Waals surface area contributed by atoms with Gasteiger partial charge >= 0.3 is 17.9 Å². The first-order valence-corrected chi connectivity index (χ1v) is 35.3. The summed E-state index contributed by atoms with van der Waals surface area (Å²) in [6.45, 7) is 6.58. The Hall–Kier alpha value is -2.89. The van der Waals surface area contributed by atoms with Gasteiger partial charge in [-0.15, -0.1) is 0 Å². The van der Waals surface area contributed by atoms with Crippen LogP contribution in [-0.4, -0.2) is 37.2 Å². The molecule has 0 N–H and O–H groups in total. The third-order valence-electron chi connectivity index (χ3n) is 15.8. The van der Waals surface area contributed by atoms with Crippen LogP contribution in [0.25, 0.3) is 0 Å². The van der Waals surface area contributed by atoms with E-state index in [1.165, 1.54) is 244 Å². The second-order valence-electron chi connectivity index (χ2n) is 23.8. The summed E-state index contributed by atoms with van der Waals surface area (Å²) >= 11 is 0. The number of ether oxygens (including phenoxy) is 3. The van der Waals surface area contributed by atoms with Crippen LogP contribution in [0, 0.1) is 0 Å². The molecule has 0 aromatic heterocycles. The van der Waals surface area contributed by atoms with Crippen LogP contribution in [-0.2, 0) is 28.6 Å². The summed E-state index contributed by atoms with van der Waals surface area (Å²) in [5.74, 6) is -0.856. The highest BCUT2D eigenvalue weighted by atomic mass is 16.6. The van der Waals surface area contributed by atoms with Crippen LogP contribution in [0.2, 0.25) is 0 Å². The van der Waals surface area contributed by atoms with Crippen molar-refractivity contribution < 1.29 is 28.6 Å². The Morgan fingerprint density at radius 1 is 0.263 bits per heavy atom. The van der Waals surface area contributed by atoms with Gasteiger partial charge in [0.2, 0.25) is 0 Å². The topological polar surface area (TPSA) is 78.9 Å². The van der Waals surface area contributed by atoms with Crippen molar-refractivity contribution in [1.82, 2.24) is 0 Å². The summed E-state index contributed by atoms with van der Waals surface area (Å²) in [6.07, 6.45) is 88.2. The van der Waals surface area contributed by atoms with Gasteiger partial charge in [-0.25, -0.2) is 0 Å². The minimum Gasteiger partial charge on any atom is -0.462 e. The van der Waals surface area contributed by atoms with Crippen molar-refractivity contribution in [1.29, 1.82) is 0 Å². The molecule has 0 rings (SSSR count). The minimum absolute atomic E-state index is 0.0723. The molecule has 1 atom stereocenters. The van der Waals surface area contributed by atoms with E-state index < -0.39 is 6.10 Å². The van der Waals surface area contributed by atoms with Gasteiger partial charge in [0, 0.05) is 19.3 Å². The highest BCUT2D eigenvalue weighted by Crippen LogP contribution is 2.18. The summed E-state index contributed by atoms with van der Waals surface area (Å²) in [5.41, 5.74) is 0. The highest BCUT2D eigenvalue weighted by Gasteiger charge is 2.19. The van der Waals surface area contributed by atoms with Crippen LogP contribution in [0.4, 0.5) is 0 Å². The number of hydrogen-bond donors (Lipinski definition) is 0.